The first-order chi connectivity index (χ1) is 15.0. The van der Waals surface area contributed by atoms with Gasteiger partial charge in [-0.15, -0.1) is 0 Å². The van der Waals surface area contributed by atoms with E-state index in [0.29, 0.717) is 32.9 Å². The minimum atomic E-state index is -0.638. The van der Waals surface area contributed by atoms with E-state index in [1.807, 2.05) is 24.3 Å². The number of benzene rings is 2. The lowest BCUT2D eigenvalue weighted by Crippen LogP contribution is -2.21. The molecule has 31 heavy (non-hydrogen) atoms. The van der Waals surface area contributed by atoms with Gasteiger partial charge in [-0.05, 0) is 36.4 Å². The van der Waals surface area contributed by atoms with Crippen molar-refractivity contribution in [2.45, 2.75) is 0 Å². The Morgan fingerprint density at radius 3 is 2.52 bits per heavy atom. The van der Waals surface area contributed by atoms with Crippen LogP contribution in [0, 0.1) is 0 Å². The summed E-state index contributed by atoms with van der Waals surface area (Å²) in [4.78, 5) is 33.5. The molecule has 0 saturated carbocycles. The van der Waals surface area contributed by atoms with E-state index in [1.54, 1.807) is 42.5 Å². The van der Waals surface area contributed by atoms with Crippen LogP contribution in [0.5, 0.6) is 0 Å². The first-order valence-corrected chi connectivity index (χ1v) is 10.00. The highest BCUT2D eigenvalue weighted by atomic mass is 35.5. The van der Waals surface area contributed by atoms with Gasteiger partial charge in [0.2, 0.25) is 0 Å². The fourth-order valence-corrected chi connectivity index (χ4v) is 3.28. The van der Waals surface area contributed by atoms with Crippen molar-refractivity contribution >= 4 is 51.7 Å². The molecule has 154 valence electrons. The van der Waals surface area contributed by atoms with Gasteiger partial charge in [0.25, 0.3) is 5.91 Å². The first-order valence-electron chi connectivity index (χ1n) is 9.24. The van der Waals surface area contributed by atoms with Crippen molar-refractivity contribution in [1.82, 2.24) is 9.97 Å². The molecule has 0 spiro atoms. The van der Waals surface area contributed by atoms with E-state index in [9.17, 15) is 9.59 Å². The summed E-state index contributed by atoms with van der Waals surface area (Å²) < 4.78 is 5.26. The molecule has 0 fully saturated rings. The average Bonchev–Trinajstić information content (AvgIpc) is 2.79. The normalized spacial score (nSPS) is 10.6. The monoisotopic (exact) mass is 451 g/mol. The van der Waals surface area contributed by atoms with Crippen LogP contribution in [0.1, 0.15) is 10.4 Å². The van der Waals surface area contributed by atoms with Crippen molar-refractivity contribution < 1.29 is 14.3 Å². The summed E-state index contributed by atoms with van der Waals surface area (Å²) in [6.45, 7) is -0.475. The predicted molar refractivity (Wildman–Crippen MR) is 120 cm³/mol. The Morgan fingerprint density at radius 2 is 1.74 bits per heavy atom. The minimum absolute atomic E-state index is 0.148. The van der Waals surface area contributed by atoms with Gasteiger partial charge in [-0.2, -0.15) is 0 Å². The van der Waals surface area contributed by atoms with Crippen molar-refractivity contribution in [3.05, 3.63) is 88.7 Å². The van der Waals surface area contributed by atoms with Crippen LogP contribution in [0.15, 0.2) is 72.9 Å². The van der Waals surface area contributed by atoms with Crippen LogP contribution in [0.3, 0.4) is 0 Å². The molecule has 0 aliphatic rings. The Balaban J connectivity index is 1.57. The average molecular weight is 452 g/mol. The largest absolute Gasteiger partial charge is 0.452 e. The lowest BCUT2D eigenvalue weighted by atomic mass is 10.0. The quantitative estimate of drug-likeness (QED) is 0.324. The second-order valence-electron chi connectivity index (χ2n) is 6.55. The van der Waals surface area contributed by atoms with Crippen molar-refractivity contribution in [2.75, 3.05) is 11.9 Å². The molecule has 0 aliphatic heterocycles. The second-order valence-corrected chi connectivity index (χ2v) is 7.34. The third-order valence-electron chi connectivity index (χ3n) is 4.44. The molecule has 0 saturated heterocycles. The number of nitrogens with zero attached hydrogens (tertiary/aromatic N) is 2. The van der Waals surface area contributed by atoms with Gasteiger partial charge < -0.3 is 10.1 Å². The molecule has 0 aliphatic carbocycles. The summed E-state index contributed by atoms with van der Waals surface area (Å²) in [6, 6.07) is 19.2. The Bertz CT molecular complexity index is 1280. The summed E-state index contributed by atoms with van der Waals surface area (Å²) >= 11 is 11.9. The number of carbonyl (C=O) groups is 2. The minimum Gasteiger partial charge on any atom is -0.452 e. The molecule has 0 radical (unpaired) electrons. The summed E-state index contributed by atoms with van der Waals surface area (Å²) in [5.41, 5.74) is 2.67. The smallest absolute Gasteiger partial charge is 0.339 e. The van der Waals surface area contributed by atoms with E-state index < -0.39 is 18.5 Å². The van der Waals surface area contributed by atoms with Gasteiger partial charge in [0.15, 0.2) is 11.8 Å². The summed E-state index contributed by atoms with van der Waals surface area (Å²) in [7, 11) is 0. The molecule has 1 amide bonds. The Labute approximate surface area is 187 Å². The van der Waals surface area contributed by atoms with Crippen LogP contribution in [0.2, 0.25) is 10.2 Å². The standard InChI is InChI=1S/C23H15Cl2N3O3/c24-15-9-7-14(8-10-15)20-12-17(16-4-1-2-5-18(16)27-20)23(30)31-13-21(29)28-19-6-3-11-26-22(19)25/h1-12H,13H2,(H,28,29). The molecule has 0 bridgehead atoms. The number of hydrogen-bond acceptors (Lipinski definition) is 5. The second kappa shape index (κ2) is 9.12. The van der Waals surface area contributed by atoms with Crippen LogP contribution in [-0.2, 0) is 9.53 Å². The molecule has 4 aromatic rings. The van der Waals surface area contributed by atoms with E-state index in [-0.39, 0.29) is 5.15 Å². The maximum Gasteiger partial charge on any atom is 0.339 e. The highest BCUT2D eigenvalue weighted by Gasteiger charge is 2.17. The SMILES string of the molecule is O=C(COC(=O)c1cc(-c2ccc(Cl)cc2)nc2ccccc12)Nc1cccnc1Cl. The maximum atomic E-state index is 12.8. The fourth-order valence-electron chi connectivity index (χ4n) is 2.99. The Hall–Kier alpha value is -3.48. The molecule has 0 unspecified atom stereocenters. The lowest BCUT2D eigenvalue weighted by Gasteiger charge is -2.11. The van der Waals surface area contributed by atoms with Gasteiger partial charge >= 0.3 is 5.97 Å². The zero-order valence-corrected chi connectivity index (χ0v) is 17.5. The molecule has 2 heterocycles. The summed E-state index contributed by atoms with van der Waals surface area (Å²) in [5, 5.41) is 3.94. The number of para-hydroxylation sites is 1. The zero-order chi connectivity index (χ0) is 21.8. The molecular weight excluding hydrogens is 437 g/mol. The number of nitrogens with one attached hydrogen (secondary N) is 1. The van der Waals surface area contributed by atoms with Gasteiger partial charge in [-0.3, -0.25) is 4.79 Å². The number of halogens is 2. The Morgan fingerprint density at radius 1 is 0.968 bits per heavy atom. The van der Waals surface area contributed by atoms with E-state index in [4.69, 9.17) is 27.9 Å². The third-order valence-corrected chi connectivity index (χ3v) is 5.00. The molecule has 2 aromatic carbocycles. The number of fused-ring (bicyclic) bond motifs is 1. The van der Waals surface area contributed by atoms with Gasteiger partial charge in [-0.25, -0.2) is 14.8 Å². The molecule has 0 atom stereocenters. The van der Waals surface area contributed by atoms with E-state index in [0.717, 1.165) is 5.56 Å². The lowest BCUT2D eigenvalue weighted by molar-refractivity contribution is -0.119. The van der Waals surface area contributed by atoms with Crippen LogP contribution in [-0.4, -0.2) is 28.5 Å². The molecular formula is C23H15Cl2N3O3. The number of aromatic nitrogens is 2. The van der Waals surface area contributed by atoms with Crippen molar-refractivity contribution in [3.63, 3.8) is 0 Å². The van der Waals surface area contributed by atoms with Crippen LogP contribution >= 0.6 is 23.2 Å². The van der Waals surface area contributed by atoms with Gasteiger partial charge in [0.05, 0.1) is 22.5 Å². The highest BCUT2D eigenvalue weighted by molar-refractivity contribution is 6.32. The number of pyridine rings is 2. The molecule has 8 heteroatoms. The number of rotatable bonds is 5. The van der Waals surface area contributed by atoms with Gasteiger partial charge in [0.1, 0.15) is 0 Å². The summed E-state index contributed by atoms with van der Waals surface area (Å²) in [5.74, 6) is -1.17. The number of esters is 1. The topological polar surface area (TPSA) is 81.2 Å². The molecule has 6 nitrogen and oxygen atoms in total. The Kier molecular flexibility index (Phi) is 6.11. The van der Waals surface area contributed by atoms with Crippen LogP contribution < -0.4 is 5.32 Å². The number of amides is 1. The van der Waals surface area contributed by atoms with Crippen LogP contribution in [0.25, 0.3) is 22.2 Å². The van der Waals surface area contributed by atoms with E-state index in [1.165, 1.54) is 6.20 Å². The zero-order valence-electron chi connectivity index (χ0n) is 16.0. The highest BCUT2D eigenvalue weighted by Crippen LogP contribution is 2.26. The maximum absolute atomic E-state index is 12.8. The van der Waals surface area contributed by atoms with E-state index >= 15 is 0 Å². The number of ether oxygens (including phenoxy) is 1. The number of anilines is 1. The summed E-state index contributed by atoms with van der Waals surface area (Å²) in [6.07, 6.45) is 1.50. The fraction of sp³-hybridized carbons (Fsp3) is 0.0435. The van der Waals surface area contributed by atoms with Crippen LogP contribution in [0.4, 0.5) is 5.69 Å². The molecule has 4 rings (SSSR count). The van der Waals surface area contributed by atoms with Crippen molar-refractivity contribution in [1.29, 1.82) is 0 Å². The third kappa shape index (κ3) is 4.82. The van der Waals surface area contributed by atoms with Gasteiger partial charge in [-0.1, -0.05) is 53.5 Å². The number of hydrogen-bond donors (Lipinski definition) is 1. The predicted octanol–water partition coefficient (Wildman–Crippen LogP) is 5.40. The van der Waals surface area contributed by atoms with Gasteiger partial charge in [0, 0.05) is 22.2 Å². The molecule has 1 N–H and O–H groups in total. The first kappa shape index (κ1) is 20.8. The van der Waals surface area contributed by atoms with Crippen molar-refractivity contribution in [3.8, 4) is 11.3 Å². The number of carbonyl (C=O) groups excluding carboxylic acids is 2. The van der Waals surface area contributed by atoms with Crippen molar-refractivity contribution in [2.24, 2.45) is 0 Å². The van der Waals surface area contributed by atoms with E-state index in [2.05, 4.69) is 15.3 Å². The molecule has 2 aromatic heterocycles.